The second-order valence-electron chi connectivity index (χ2n) is 5.78. The Morgan fingerprint density at radius 3 is 2.50 bits per heavy atom. The predicted molar refractivity (Wildman–Crippen MR) is 82.5 cm³/mol. The zero-order chi connectivity index (χ0) is 13.8. The monoisotopic (exact) mass is 266 g/mol. The maximum Gasteiger partial charge on any atom is 0.0753 e. The first-order valence-electron chi connectivity index (χ1n) is 7.56. The molecule has 1 N–H and O–H groups in total. The van der Waals surface area contributed by atoms with E-state index >= 15 is 0 Å². The molecule has 1 aromatic carbocycles. The standard InChI is InChI=1S/C18H22N2/c1-14-8-7-12-16(14)20-18(15-9-3-2-4-10-15)17-11-5-6-13-19-17/h2-6,9-11,13-14,16,18,20H,7-8,12H2,1H3. The van der Waals surface area contributed by atoms with Crippen molar-refractivity contribution < 1.29 is 0 Å². The number of benzene rings is 1. The smallest absolute Gasteiger partial charge is 0.0753 e. The van der Waals surface area contributed by atoms with Crippen LogP contribution in [0.2, 0.25) is 0 Å². The minimum atomic E-state index is 0.197. The minimum Gasteiger partial charge on any atom is -0.302 e. The number of aromatic nitrogens is 1. The Labute approximate surface area is 121 Å². The summed E-state index contributed by atoms with van der Waals surface area (Å²) in [6.07, 6.45) is 5.83. The molecule has 1 fully saturated rings. The third-order valence-electron chi connectivity index (χ3n) is 4.36. The Balaban J connectivity index is 1.88. The van der Waals surface area contributed by atoms with Crippen LogP contribution in [0, 0.1) is 5.92 Å². The molecule has 1 saturated carbocycles. The number of nitrogens with zero attached hydrogens (tertiary/aromatic N) is 1. The van der Waals surface area contributed by atoms with E-state index < -0.39 is 0 Å². The quantitative estimate of drug-likeness (QED) is 0.906. The molecule has 2 aromatic rings. The maximum absolute atomic E-state index is 4.56. The molecular formula is C18H22N2. The predicted octanol–water partition coefficient (Wildman–Crippen LogP) is 3.95. The van der Waals surface area contributed by atoms with Crippen molar-refractivity contribution in [3.8, 4) is 0 Å². The number of hydrogen-bond donors (Lipinski definition) is 1. The highest BCUT2D eigenvalue weighted by Crippen LogP contribution is 2.29. The van der Waals surface area contributed by atoms with Gasteiger partial charge in [0.2, 0.25) is 0 Å². The van der Waals surface area contributed by atoms with Gasteiger partial charge in [0, 0.05) is 12.2 Å². The number of nitrogens with one attached hydrogen (secondary N) is 1. The minimum absolute atomic E-state index is 0.197. The van der Waals surface area contributed by atoms with Crippen molar-refractivity contribution in [1.29, 1.82) is 0 Å². The van der Waals surface area contributed by atoms with Gasteiger partial charge in [0.05, 0.1) is 11.7 Å². The van der Waals surface area contributed by atoms with Crippen LogP contribution >= 0.6 is 0 Å². The van der Waals surface area contributed by atoms with Crippen molar-refractivity contribution in [2.75, 3.05) is 0 Å². The summed E-state index contributed by atoms with van der Waals surface area (Å²) in [4.78, 5) is 4.56. The van der Waals surface area contributed by atoms with Crippen molar-refractivity contribution in [2.45, 2.75) is 38.3 Å². The van der Waals surface area contributed by atoms with Crippen LogP contribution in [-0.2, 0) is 0 Å². The van der Waals surface area contributed by atoms with Crippen LogP contribution < -0.4 is 5.32 Å². The van der Waals surface area contributed by atoms with Crippen molar-refractivity contribution in [3.05, 3.63) is 66.0 Å². The lowest BCUT2D eigenvalue weighted by Gasteiger charge is -2.25. The highest BCUT2D eigenvalue weighted by molar-refractivity contribution is 5.27. The van der Waals surface area contributed by atoms with Crippen LogP contribution in [0.3, 0.4) is 0 Å². The van der Waals surface area contributed by atoms with Gasteiger partial charge in [-0.05, 0) is 36.5 Å². The first-order chi connectivity index (χ1) is 9.84. The number of rotatable bonds is 4. The van der Waals surface area contributed by atoms with E-state index in [2.05, 4.69) is 59.7 Å². The Kier molecular flexibility index (Phi) is 4.12. The summed E-state index contributed by atoms with van der Waals surface area (Å²) in [6.45, 7) is 2.35. The fourth-order valence-corrected chi connectivity index (χ4v) is 3.15. The Bertz CT molecular complexity index is 484. The molecule has 2 heteroatoms. The van der Waals surface area contributed by atoms with Gasteiger partial charge < -0.3 is 5.32 Å². The van der Waals surface area contributed by atoms with Gasteiger partial charge >= 0.3 is 0 Å². The molecular weight excluding hydrogens is 244 g/mol. The summed E-state index contributed by atoms with van der Waals surface area (Å²) in [6, 6.07) is 17.6. The van der Waals surface area contributed by atoms with E-state index in [1.165, 1.54) is 24.8 Å². The van der Waals surface area contributed by atoms with E-state index in [4.69, 9.17) is 0 Å². The van der Waals surface area contributed by atoms with E-state index in [1.54, 1.807) is 0 Å². The van der Waals surface area contributed by atoms with Crippen LogP contribution in [0.15, 0.2) is 54.7 Å². The van der Waals surface area contributed by atoms with E-state index in [9.17, 15) is 0 Å². The average molecular weight is 266 g/mol. The van der Waals surface area contributed by atoms with Gasteiger partial charge in [-0.15, -0.1) is 0 Å². The highest BCUT2D eigenvalue weighted by atomic mass is 15.0. The average Bonchev–Trinajstić information content (AvgIpc) is 2.92. The van der Waals surface area contributed by atoms with Gasteiger partial charge in [-0.2, -0.15) is 0 Å². The Morgan fingerprint density at radius 1 is 1.05 bits per heavy atom. The SMILES string of the molecule is CC1CCCC1NC(c1ccccc1)c1ccccn1. The molecule has 0 amide bonds. The molecule has 3 unspecified atom stereocenters. The molecule has 104 valence electrons. The largest absolute Gasteiger partial charge is 0.302 e. The van der Waals surface area contributed by atoms with Gasteiger partial charge in [-0.1, -0.05) is 49.7 Å². The van der Waals surface area contributed by atoms with Gasteiger partial charge in [0.25, 0.3) is 0 Å². The molecule has 1 aliphatic carbocycles. The molecule has 0 spiro atoms. The van der Waals surface area contributed by atoms with E-state index in [0.29, 0.717) is 6.04 Å². The molecule has 3 rings (SSSR count). The van der Waals surface area contributed by atoms with Gasteiger partial charge in [0.1, 0.15) is 0 Å². The van der Waals surface area contributed by atoms with Crippen molar-refractivity contribution in [1.82, 2.24) is 10.3 Å². The highest BCUT2D eigenvalue weighted by Gasteiger charge is 2.27. The Hall–Kier alpha value is -1.67. The fourth-order valence-electron chi connectivity index (χ4n) is 3.15. The van der Waals surface area contributed by atoms with E-state index in [1.807, 2.05) is 12.3 Å². The maximum atomic E-state index is 4.56. The lowest BCUT2D eigenvalue weighted by molar-refractivity contribution is 0.396. The zero-order valence-electron chi connectivity index (χ0n) is 12.0. The topological polar surface area (TPSA) is 24.9 Å². The molecule has 0 radical (unpaired) electrons. The third-order valence-corrected chi connectivity index (χ3v) is 4.36. The summed E-state index contributed by atoms with van der Waals surface area (Å²) in [5, 5.41) is 3.84. The second kappa shape index (κ2) is 6.19. The first kappa shape index (κ1) is 13.3. The van der Waals surface area contributed by atoms with Gasteiger partial charge in [-0.25, -0.2) is 0 Å². The normalized spacial score (nSPS) is 23.6. The second-order valence-corrected chi connectivity index (χ2v) is 5.78. The summed E-state index contributed by atoms with van der Waals surface area (Å²) >= 11 is 0. The summed E-state index contributed by atoms with van der Waals surface area (Å²) in [5.74, 6) is 0.755. The molecule has 0 bridgehead atoms. The fraction of sp³-hybridized carbons (Fsp3) is 0.389. The molecule has 0 aliphatic heterocycles. The number of hydrogen-bond acceptors (Lipinski definition) is 2. The van der Waals surface area contributed by atoms with E-state index in [0.717, 1.165) is 11.6 Å². The molecule has 20 heavy (non-hydrogen) atoms. The molecule has 1 aliphatic rings. The lowest BCUT2D eigenvalue weighted by atomic mass is 9.99. The molecule has 2 nitrogen and oxygen atoms in total. The van der Waals surface area contributed by atoms with E-state index in [-0.39, 0.29) is 6.04 Å². The summed E-state index contributed by atoms with van der Waals surface area (Å²) < 4.78 is 0. The van der Waals surface area contributed by atoms with Crippen LogP contribution in [-0.4, -0.2) is 11.0 Å². The van der Waals surface area contributed by atoms with Crippen molar-refractivity contribution >= 4 is 0 Å². The molecule has 3 atom stereocenters. The summed E-state index contributed by atoms with van der Waals surface area (Å²) in [7, 11) is 0. The van der Waals surface area contributed by atoms with Crippen LogP contribution in [0.1, 0.15) is 43.5 Å². The van der Waals surface area contributed by atoms with Gasteiger partial charge in [0.15, 0.2) is 0 Å². The third kappa shape index (κ3) is 2.91. The lowest BCUT2D eigenvalue weighted by Crippen LogP contribution is -2.35. The van der Waals surface area contributed by atoms with Crippen molar-refractivity contribution in [2.24, 2.45) is 5.92 Å². The van der Waals surface area contributed by atoms with Crippen LogP contribution in [0.5, 0.6) is 0 Å². The van der Waals surface area contributed by atoms with Crippen molar-refractivity contribution in [3.63, 3.8) is 0 Å². The molecule has 0 saturated heterocycles. The van der Waals surface area contributed by atoms with Crippen LogP contribution in [0.4, 0.5) is 0 Å². The van der Waals surface area contributed by atoms with Gasteiger partial charge in [-0.3, -0.25) is 4.98 Å². The number of pyridine rings is 1. The Morgan fingerprint density at radius 2 is 1.85 bits per heavy atom. The molecule has 1 heterocycles. The molecule has 1 aromatic heterocycles. The van der Waals surface area contributed by atoms with Crippen LogP contribution in [0.25, 0.3) is 0 Å². The zero-order valence-corrected chi connectivity index (χ0v) is 12.0. The first-order valence-corrected chi connectivity index (χ1v) is 7.56. The summed E-state index contributed by atoms with van der Waals surface area (Å²) in [5.41, 5.74) is 2.41.